The van der Waals surface area contributed by atoms with Crippen molar-refractivity contribution in [1.82, 2.24) is 9.55 Å². The Hall–Kier alpha value is -1.97. The first-order valence-electron chi connectivity index (χ1n) is 4.88. The average molecular weight is 286 g/mol. The van der Waals surface area contributed by atoms with Crippen molar-refractivity contribution in [1.29, 1.82) is 0 Å². The van der Waals surface area contributed by atoms with Crippen LogP contribution in [0.15, 0.2) is 24.5 Å². The molecule has 2 rings (SSSR count). The van der Waals surface area contributed by atoms with Gasteiger partial charge in [0.2, 0.25) is 0 Å². The second-order valence-electron chi connectivity index (χ2n) is 3.46. The van der Waals surface area contributed by atoms with E-state index in [1.54, 1.807) is 18.5 Å². The van der Waals surface area contributed by atoms with Crippen LogP contribution < -0.4 is 0 Å². The molecule has 0 aliphatic carbocycles. The van der Waals surface area contributed by atoms with Crippen LogP contribution in [0.5, 0.6) is 0 Å². The van der Waals surface area contributed by atoms with Crippen LogP contribution in [-0.2, 0) is 22.2 Å². The van der Waals surface area contributed by atoms with E-state index in [1.165, 1.54) is 7.11 Å². The molecule has 0 atom stereocenters. The van der Waals surface area contributed by atoms with Crippen LogP contribution in [-0.4, -0.2) is 40.2 Å². The Morgan fingerprint density at radius 2 is 1.95 bits per heavy atom. The van der Waals surface area contributed by atoms with Gasteiger partial charge in [-0.2, -0.15) is 0 Å². The zero-order valence-corrected chi connectivity index (χ0v) is 10.9. The standard InChI is InChI=1S/C10H10N2O2.H2O4S/c1-12-6-11-8-4-3-7(5-9(8)12)10(13)14-2;1-5(2,3)4/h3-6H,1-2H3;(H2,1,2,3,4)/p-2. The second kappa shape index (κ2) is 5.78. The first-order valence-corrected chi connectivity index (χ1v) is 6.22. The van der Waals surface area contributed by atoms with E-state index in [0.29, 0.717) is 5.56 Å². The predicted octanol–water partition coefficient (Wildman–Crippen LogP) is 0.0219. The Bertz CT molecular complexity index is 683. The van der Waals surface area contributed by atoms with Gasteiger partial charge in [0, 0.05) is 17.4 Å². The molecule has 0 saturated carbocycles. The Morgan fingerprint density at radius 3 is 2.47 bits per heavy atom. The largest absolute Gasteiger partial charge is 0.759 e. The van der Waals surface area contributed by atoms with Gasteiger partial charge in [0.1, 0.15) is 0 Å². The Balaban J connectivity index is 0.000000312. The number of esters is 1. The zero-order valence-electron chi connectivity index (χ0n) is 10.1. The second-order valence-corrected chi connectivity index (χ2v) is 4.28. The molecule has 0 radical (unpaired) electrons. The third-order valence-electron chi connectivity index (χ3n) is 2.15. The summed E-state index contributed by atoms with van der Waals surface area (Å²) < 4.78 is 40.6. The molecule has 0 N–H and O–H groups in total. The molecular formula is C10H10N2O6S-2. The monoisotopic (exact) mass is 286 g/mol. The topological polar surface area (TPSA) is 124 Å². The third kappa shape index (κ3) is 4.66. The summed E-state index contributed by atoms with van der Waals surface area (Å²) >= 11 is 0. The fraction of sp³-hybridized carbons (Fsp3) is 0.200. The Labute approximate surface area is 109 Å². The molecule has 8 nitrogen and oxygen atoms in total. The number of ether oxygens (including phenoxy) is 1. The Kier molecular flexibility index (Phi) is 4.59. The van der Waals surface area contributed by atoms with E-state index in [2.05, 4.69) is 9.72 Å². The number of carbonyl (C=O) groups excluding carboxylic acids is 1. The number of nitrogens with zero attached hydrogens (tertiary/aromatic N) is 2. The smallest absolute Gasteiger partial charge is 0.337 e. The van der Waals surface area contributed by atoms with Crippen LogP contribution in [0.2, 0.25) is 0 Å². The molecule has 0 amide bonds. The molecule has 0 spiro atoms. The molecule has 19 heavy (non-hydrogen) atoms. The maximum absolute atomic E-state index is 11.2. The van der Waals surface area contributed by atoms with Crippen molar-refractivity contribution in [2.24, 2.45) is 7.05 Å². The van der Waals surface area contributed by atoms with Gasteiger partial charge < -0.3 is 18.4 Å². The molecule has 1 aromatic carbocycles. The molecule has 0 aliphatic heterocycles. The van der Waals surface area contributed by atoms with Gasteiger partial charge in [-0.25, -0.2) is 9.78 Å². The van der Waals surface area contributed by atoms with Crippen LogP contribution in [0.1, 0.15) is 10.4 Å². The molecule has 0 aliphatic rings. The fourth-order valence-electron chi connectivity index (χ4n) is 1.37. The van der Waals surface area contributed by atoms with Gasteiger partial charge in [-0.3, -0.25) is 8.42 Å². The maximum atomic E-state index is 11.2. The SMILES string of the molecule is COC(=O)c1ccc2ncn(C)c2c1.O=S(=O)([O-])[O-]. The number of carbonyl (C=O) groups is 1. The van der Waals surface area contributed by atoms with Gasteiger partial charge in [-0.15, -0.1) is 0 Å². The highest BCUT2D eigenvalue weighted by Crippen LogP contribution is 2.14. The van der Waals surface area contributed by atoms with E-state index in [0.717, 1.165) is 11.0 Å². The highest BCUT2D eigenvalue weighted by atomic mass is 32.3. The molecule has 1 aromatic heterocycles. The van der Waals surface area contributed by atoms with Gasteiger partial charge >= 0.3 is 5.97 Å². The zero-order chi connectivity index (χ0) is 14.6. The molecular weight excluding hydrogens is 276 g/mol. The van der Waals surface area contributed by atoms with E-state index < -0.39 is 10.4 Å². The van der Waals surface area contributed by atoms with Crippen molar-refractivity contribution in [2.45, 2.75) is 0 Å². The van der Waals surface area contributed by atoms with Crippen LogP contribution in [0, 0.1) is 0 Å². The lowest BCUT2D eigenvalue weighted by atomic mass is 10.2. The van der Waals surface area contributed by atoms with Gasteiger partial charge in [0.05, 0.1) is 30.0 Å². The summed E-state index contributed by atoms with van der Waals surface area (Å²) in [7, 11) is -1.91. The summed E-state index contributed by atoms with van der Waals surface area (Å²) in [6.45, 7) is 0. The fourth-order valence-corrected chi connectivity index (χ4v) is 1.37. The summed E-state index contributed by atoms with van der Waals surface area (Å²) in [5.74, 6) is -0.326. The molecule has 2 aromatic rings. The molecule has 9 heteroatoms. The predicted molar refractivity (Wildman–Crippen MR) is 62.5 cm³/mol. The van der Waals surface area contributed by atoms with E-state index in [4.69, 9.17) is 17.5 Å². The summed E-state index contributed by atoms with van der Waals surface area (Å²) in [4.78, 5) is 15.4. The van der Waals surface area contributed by atoms with Crippen LogP contribution in [0.4, 0.5) is 0 Å². The summed E-state index contributed by atoms with van der Waals surface area (Å²) in [6.07, 6.45) is 1.71. The molecule has 0 fully saturated rings. The first-order chi connectivity index (χ1) is 8.72. The highest BCUT2D eigenvalue weighted by Gasteiger charge is 2.07. The number of methoxy groups -OCH3 is 1. The molecule has 1 heterocycles. The molecule has 104 valence electrons. The molecule has 0 bridgehead atoms. The van der Waals surface area contributed by atoms with E-state index in [1.807, 2.05) is 17.7 Å². The third-order valence-corrected chi connectivity index (χ3v) is 2.15. The lowest BCUT2D eigenvalue weighted by Crippen LogP contribution is -2.00. The summed E-state index contributed by atoms with van der Waals surface area (Å²) in [5, 5.41) is 0. The number of rotatable bonds is 1. The maximum Gasteiger partial charge on any atom is 0.337 e. The summed E-state index contributed by atoms with van der Waals surface area (Å²) in [6, 6.07) is 5.29. The highest BCUT2D eigenvalue weighted by molar-refractivity contribution is 7.79. The molecule has 0 saturated heterocycles. The van der Waals surface area contributed by atoms with E-state index in [-0.39, 0.29) is 5.97 Å². The minimum Gasteiger partial charge on any atom is -0.759 e. The van der Waals surface area contributed by atoms with Crippen molar-refractivity contribution >= 4 is 27.4 Å². The number of fused-ring (bicyclic) bond motifs is 1. The normalized spacial score (nSPS) is 10.7. The van der Waals surface area contributed by atoms with E-state index >= 15 is 0 Å². The number of hydrogen-bond acceptors (Lipinski definition) is 7. The number of aromatic nitrogens is 2. The number of imidazole rings is 1. The van der Waals surface area contributed by atoms with E-state index in [9.17, 15) is 4.79 Å². The summed E-state index contributed by atoms with van der Waals surface area (Å²) in [5.41, 5.74) is 2.34. The quantitative estimate of drug-likeness (QED) is 0.411. The number of benzene rings is 1. The number of aryl methyl sites for hydroxylation is 1. The minimum atomic E-state index is -5.17. The van der Waals surface area contributed by atoms with Crippen molar-refractivity contribution in [3.05, 3.63) is 30.1 Å². The van der Waals surface area contributed by atoms with Crippen molar-refractivity contribution in [3.8, 4) is 0 Å². The van der Waals surface area contributed by atoms with Crippen LogP contribution in [0.3, 0.4) is 0 Å². The lowest BCUT2D eigenvalue weighted by Gasteiger charge is -2.06. The average Bonchev–Trinajstić information content (AvgIpc) is 2.67. The Morgan fingerprint density at radius 1 is 1.37 bits per heavy atom. The van der Waals surface area contributed by atoms with Crippen molar-refractivity contribution in [3.63, 3.8) is 0 Å². The molecule has 0 unspecified atom stereocenters. The van der Waals surface area contributed by atoms with Crippen molar-refractivity contribution < 1.29 is 27.1 Å². The minimum absolute atomic E-state index is 0.326. The van der Waals surface area contributed by atoms with Gasteiger partial charge in [-0.1, -0.05) is 0 Å². The first kappa shape index (κ1) is 15.1. The lowest BCUT2D eigenvalue weighted by molar-refractivity contribution is 0.0601. The van der Waals surface area contributed by atoms with Gasteiger partial charge in [0.15, 0.2) is 0 Å². The van der Waals surface area contributed by atoms with Gasteiger partial charge in [-0.05, 0) is 18.2 Å². The van der Waals surface area contributed by atoms with Crippen molar-refractivity contribution in [2.75, 3.05) is 7.11 Å². The van der Waals surface area contributed by atoms with Crippen LogP contribution in [0.25, 0.3) is 11.0 Å². The number of hydrogen-bond donors (Lipinski definition) is 0. The van der Waals surface area contributed by atoms with Gasteiger partial charge in [0.25, 0.3) is 0 Å². The van der Waals surface area contributed by atoms with Crippen LogP contribution >= 0.6 is 0 Å².